The van der Waals surface area contributed by atoms with Crippen molar-refractivity contribution in [3.63, 3.8) is 0 Å². The summed E-state index contributed by atoms with van der Waals surface area (Å²) in [6.07, 6.45) is 7.42. The molecule has 1 aromatic carbocycles. The Morgan fingerprint density at radius 3 is 2.41 bits per heavy atom. The molecule has 2 nitrogen and oxygen atoms in total. The third kappa shape index (κ3) is 3.84. The van der Waals surface area contributed by atoms with E-state index in [2.05, 4.69) is 27.5 Å². The average molecular weight is 341 g/mol. The largest absolute Gasteiger partial charge is 0.377 e. The summed E-state index contributed by atoms with van der Waals surface area (Å²) in [7, 11) is 0. The lowest BCUT2D eigenvalue weighted by Crippen LogP contribution is -2.24. The lowest BCUT2D eigenvalue weighted by atomic mass is 10.1. The number of piperidine rings is 1. The Labute approximate surface area is 116 Å². The highest BCUT2D eigenvalue weighted by Crippen LogP contribution is 2.10. The lowest BCUT2D eigenvalue weighted by Gasteiger charge is -2.24. The van der Waals surface area contributed by atoms with Crippen LogP contribution in [0.25, 0.3) is 0 Å². The van der Waals surface area contributed by atoms with Crippen molar-refractivity contribution in [2.45, 2.75) is 19.3 Å². The van der Waals surface area contributed by atoms with E-state index in [1.165, 1.54) is 19.3 Å². The molecule has 0 atom stereocenters. The van der Waals surface area contributed by atoms with Crippen molar-refractivity contribution >= 4 is 28.4 Å². The fraction of sp³-hybridized carbons (Fsp3) is 0.357. The van der Waals surface area contributed by atoms with Gasteiger partial charge < -0.3 is 4.90 Å². The quantitative estimate of drug-likeness (QED) is 0.477. The summed E-state index contributed by atoms with van der Waals surface area (Å²) >= 11 is 2.24. The van der Waals surface area contributed by atoms with E-state index in [0.717, 1.165) is 22.2 Å². The van der Waals surface area contributed by atoms with Gasteiger partial charge in [-0.3, -0.25) is 4.79 Å². The van der Waals surface area contributed by atoms with Gasteiger partial charge >= 0.3 is 0 Å². The third-order valence-electron chi connectivity index (χ3n) is 2.96. The first kappa shape index (κ1) is 12.6. The summed E-state index contributed by atoms with van der Waals surface area (Å²) in [5, 5.41) is 0. The van der Waals surface area contributed by atoms with Crippen molar-refractivity contribution in [1.82, 2.24) is 4.90 Å². The van der Waals surface area contributed by atoms with Crippen molar-refractivity contribution in [1.29, 1.82) is 0 Å². The van der Waals surface area contributed by atoms with Gasteiger partial charge in [-0.15, -0.1) is 0 Å². The van der Waals surface area contributed by atoms with E-state index in [1.54, 1.807) is 6.08 Å². The second kappa shape index (κ2) is 6.19. The van der Waals surface area contributed by atoms with Crippen LogP contribution >= 0.6 is 22.6 Å². The number of carbonyl (C=O) groups is 1. The van der Waals surface area contributed by atoms with E-state index >= 15 is 0 Å². The zero-order valence-electron chi connectivity index (χ0n) is 9.73. The average Bonchev–Trinajstić information content (AvgIpc) is 2.38. The van der Waals surface area contributed by atoms with Crippen molar-refractivity contribution in [2.24, 2.45) is 0 Å². The number of nitrogens with zero attached hydrogens (tertiary/aromatic N) is 1. The number of halogens is 1. The van der Waals surface area contributed by atoms with Gasteiger partial charge in [-0.1, -0.05) is 12.1 Å². The summed E-state index contributed by atoms with van der Waals surface area (Å²) in [5.74, 6) is 0.0898. The molecule has 0 saturated carbocycles. The minimum Gasteiger partial charge on any atom is -0.377 e. The molecule has 0 unspecified atom stereocenters. The normalized spacial score (nSPS) is 16.4. The Hall–Kier alpha value is -0.840. The molecule has 3 heteroatoms. The highest BCUT2D eigenvalue weighted by atomic mass is 127. The first-order chi connectivity index (χ1) is 8.25. The van der Waals surface area contributed by atoms with Crippen LogP contribution in [-0.4, -0.2) is 23.8 Å². The molecule has 1 aliphatic heterocycles. The Kier molecular flexibility index (Phi) is 4.59. The molecule has 0 aliphatic carbocycles. The Balaban J connectivity index is 1.96. The predicted octanol–water partition coefficient (Wildman–Crippen LogP) is 3.47. The minimum atomic E-state index is 0.0898. The maximum atomic E-state index is 11.9. The number of ketones is 1. The van der Waals surface area contributed by atoms with Crippen LogP contribution in [0.1, 0.15) is 29.6 Å². The lowest BCUT2D eigenvalue weighted by molar-refractivity contribution is 0.104. The summed E-state index contributed by atoms with van der Waals surface area (Å²) in [5.41, 5.74) is 0.763. The highest BCUT2D eigenvalue weighted by molar-refractivity contribution is 14.1. The smallest absolute Gasteiger partial charge is 0.187 e. The zero-order chi connectivity index (χ0) is 12.1. The molecule has 2 rings (SSSR count). The van der Waals surface area contributed by atoms with Gasteiger partial charge in [-0.05, 0) is 54.0 Å². The van der Waals surface area contributed by atoms with Crippen LogP contribution in [0, 0.1) is 3.57 Å². The molecular weight excluding hydrogens is 325 g/mol. The molecule has 1 heterocycles. The number of hydrogen-bond acceptors (Lipinski definition) is 2. The van der Waals surface area contributed by atoms with Crippen molar-refractivity contribution in [2.75, 3.05) is 13.1 Å². The number of hydrogen-bond donors (Lipinski definition) is 0. The van der Waals surface area contributed by atoms with E-state index in [1.807, 2.05) is 30.5 Å². The van der Waals surface area contributed by atoms with Crippen LogP contribution in [-0.2, 0) is 0 Å². The van der Waals surface area contributed by atoms with E-state index in [4.69, 9.17) is 0 Å². The van der Waals surface area contributed by atoms with Crippen LogP contribution in [0.3, 0.4) is 0 Å². The fourth-order valence-electron chi connectivity index (χ4n) is 1.95. The molecule has 0 radical (unpaired) electrons. The van der Waals surface area contributed by atoms with Gasteiger partial charge in [0.15, 0.2) is 5.78 Å². The fourth-order valence-corrected chi connectivity index (χ4v) is 2.31. The van der Waals surface area contributed by atoms with Crippen molar-refractivity contribution < 1.29 is 4.79 Å². The van der Waals surface area contributed by atoms with E-state index in [9.17, 15) is 4.79 Å². The summed E-state index contributed by atoms with van der Waals surface area (Å²) in [4.78, 5) is 14.1. The summed E-state index contributed by atoms with van der Waals surface area (Å²) in [6, 6.07) is 7.68. The van der Waals surface area contributed by atoms with Gasteiger partial charge in [0, 0.05) is 34.5 Å². The Morgan fingerprint density at radius 2 is 1.76 bits per heavy atom. The Morgan fingerprint density at radius 1 is 1.12 bits per heavy atom. The molecule has 0 aromatic heterocycles. The van der Waals surface area contributed by atoms with Crippen molar-refractivity contribution in [3.8, 4) is 0 Å². The predicted molar refractivity (Wildman–Crippen MR) is 78.1 cm³/mol. The van der Waals surface area contributed by atoms with Crippen LogP contribution < -0.4 is 0 Å². The van der Waals surface area contributed by atoms with Gasteiger partial charge in [0.25, 0.3) is 0 Å². The van der Waals surface area contributed by atoms with Gasteiger partial charge in [0.2, 0.25) is 0 Å². The topological polar surface area (TPSA) is 20.3 Å². The molecular formula is C14H16INO. The van der Waals surface area contributed by atoms with Crippen LogP contribution in [0.15, 0.2) is 36.5 Å². The number of likely N-dealkylation sites (tertiary alicyclic amines) is 1. The monoisotopic (exact) mass is 341 g/mol. The van der Waals surface area contributed by atoms with Crippen LogP contribution in [0.2, 0.25) is 0 Å². The van der Waals surface area contributed by atoms with Crippen LogP contribution in [0.5, 0.6) is 0 Å². The number of rotatable bonds is 3. The van der Waals surface area contributed by atoms with Gasteiger partial charge in [0.1, 0.15) is 0 Å². The SMILES string of the molecule is O=C(/C=C/N1CCCCC1)c1ccc(I)cc1. The molecule has 1 saturated heterocycles. The van der Waals surface area contributed by atoms with Gasteiger partial charge in [-0.2, -0.15) is 0 Å². The molecule has 1 aromatic rings. The standard InChI is InChI=1S/C14H16INO/c15-13-6-4-12(5-7-13)14(17)8-11-16-9-2-1-3-10-16/h4-8,11H,1-3,9-10H2/b11-8+. The van der Waals surface area contributed by atoms with Gasteiger partial charge in [-0.25, -0.2) is 0 Å². The minimum absolute atomic E-state index is 0.0898. The molecule has 17 heavy (non-hydrogen) atoms. The van der Waals surface area contributed by atoms with Gasteiger partial charge in [0.05, 0.1) is 0 Å². The second-order valence-corrected chi connectivity index (χ2v) is 5.53. The maximum absolute atomic E-state index is 11.9. The molecule has 0 spiro atoms. The van der Waals surface area contributed by atoms with Crippen LogP contribution in [0.4, 0.5) is 0 Å². The zero-order valence-corrected chi connectivity index (χ0v) is 11.9. The number of allylic oxidation sites excluding steroid dienone is 1. The first-order valence-corrected chi connectivity index (χ1v) is 7.06. The molecule has 0 amide bonds. The molecule has 90 valence electrons. The van der Waals surface area contributed by atoms with E-state index in [-0.39, 0.29) is 5.78 Å². The third-order valence-corrected chi connectivity index (χ3v) is 3.68. The van der Waals surface area contributed by atoms with Crippen molar-refractivity contribution in [3.05, 3.63) is 45.7 Å². The Bertz CT molecular complexity index is 405. The highest BCUT2D eigenvalue weighted by Gasteiger charge is 2.06. The molecule has 1 aliphatic rings. The van der Waals surface area contributed by atoms with E-state index < -0.39 is 0 Å². The first-order valence-electron chi connectivity index (χ1n) is 5.98. The number of benzene rings is 1. The second-order valence-electron chi connectivity index (χ2n) is 4.28. The number of carbonyl (C=O) groups excluding carboxylic acids is 1. The molecule has 0 N–H and O–H groups in total. The summed E-state index contributed by atoms with van der Waals surface area (Å²) in [6.45, 7) is 2.16. The molecule has 1 fully saturated rings. The maximum Gasteiger partial charge on any atom is 0.187 e. The summed E-state index contributed by atoms with van der Waals surface area (Å²) < 4.78 is 1.15. The van der Waals surface area contributed by atoms with E-state index in [0.29, 0.717) is 0 Å². The molecule has 0 bridgehead atoms.